The van der Waals surface area contributed by atoms with Crippen molar-refractivity contribution in [3.8, 4) is 5.75 Å². The molecule has 0 spiro atoms. The number of hydrogen-bond donors (Lipinski definition) is 3. The van der Waals surface area contributed by atoms with Crippen molar-refractivity contribution in [1.29, 1.82) is 0 Å². The quantitative estimate of drug-likeness (QED) is 0.580. The largest absolute Gasteiger partial charge is 0.506 e. The fourth-order valence-electron chi connectivity index (χ4n) is 1.25. The molecule has 0 unspecified atom stereocenters. The van der Waals surface area contributed by atoms with Crippen LogP contribution in [-0.2, 0) is 0 Å². The van der Waals surface area contributed by atoms with E-state index < -0.39 is 5.91 Å². The highest BCUT2D eigenvalue weighted by Gasteiger charge is 2.15. The molecule has 2 aromatic rings. The van der Waals surface area contributed by atoms with Crippen LogP contribution in [0.5, 0.6) is 5.75 Å². The van der Waals surface area contributed by atoms with Gasteiger partial charge in [-0.1, -0.05) is 23.2 Å². The van der Waals surface area contributed by atoms with Gasteiger partial charge in [-0.05, 0) is 22.4 Å². The summed E-state index contributed by atoms with van der Waals surface area (Å²) in [5.41, 5.74) is 7.50. The van der Waals surface area contributed by atoms with Gasteiger partial charge in [0.25, 0.3) is 5.91 Å². The summed E-state index contributed by atoms with van der Waals surface area (Å²) >= 11 is 11.5. The van der Waals surface area contributed by atoms with E-state index in [0.29, 0.717) is 5.02 Å². The number of aromatic nitrogens is 2. The lowest BCUT2D eigenvalue weighted by atomic mass is 10.2. The van der Waals surface area contributed by atoms with Gasteiger partial charge in [0.15, 0.2) is 0 Å². The van der Waals surface area contributed by atoms with E-state index in [-0.39, 0.29) is 27.8 Å². The molecule has 1 aromatic carbocycles. The van der Waals surface area contributed by atoms with Crippen molar-refractivity contribution in [2.24, 2.45) is 5.10 Å². The zero-order valence-corrected chi connectivity index (χ0v) is 11.2. The summed E-state index contributed by atoms with van der Waals surface area (Å²) in [6.07, 6.45) is 1.16. The number of nitrogen functional groups attached to an aromatic ring is 1. The number of carbonyl (C=O) groups is 1. The third-order valence-corrected chi connectivity index (χ3v) is 2.66. The first-order chi connectivity index (χ1) is 9.49. The molecule has 1 heterocycles. The van der Waals surface area contributed by atoms with Crippen molar-refractivity contribution >= 4 is 41.1 Å². The van der Waals surface area contributed by atoms with Gasteiger partial charge in [0, 0.05) is 10.6 Å². The summed E-state index contributed by atoms with van der Waals surface area (Å²) in [6, 6.07) is 2.79. The van der Waals surface area contributed by atoms with Gasteiger partial charge >= 0.3 is 0 Å². The molecule has 0 aliphatic carbocycles. The molecule has 8 nitrogen and oxygen atoms in total. The Balaban J connectivity index is 2.11. The molecule has 20 heavy (non-hydrogen) atoms. The van der Waals surface area contributed by atoms with Gasteiger partial charge in [-0.3, -0.25) is 4.79 Å². The fraction of sp³-hybridized carbons (Fsp3) is 0. The molecule has 0 aliphatic heterocycles. The predicted molar refractivity (Wildman–Crippen MR) is 71.9 cm³/mol. The highest BCUT2D eigenvalue weighted by molar-refractivity contribution is 6.36. The number of phenolic OH excluding ortho intramolecular Hbond substituents is 1. The highest BCUT2D eigenvalue weighted by atomic mass is 35.5. The van der Waals surface area contributed by atoms with Gasteiger partial charge in [-0.15, -0.1) is 0 Å². The number of phenols is 1. The lowest BCUT2D eigenvalue weighted by molar-refractivity contribution is 0.0946. The maximum Gasteiger partial charge on any atom is 0.297 e. The Morgan fingerprint density at radius 3 is 2.85 bits per heavy atom. The van der Waals surface area contributed by atoms with E-state index in [1.807, 2.05) is 0 Å². The van der Waals surface area contributed by atoms with Gasteiger partial charge < -0.3 is 10.8 Å². The first-order valence-corrected chi connectivity index (χ1v) is 5.84. The number of anilines is 1. The summed E-state index contributed by atoms with van der Waals surface area (Å²) in [6.45, 7) is 0. The molecule has 10 heteroatoms. The van der Waals surface area contributed by atoms with Crippen molar-refractivity contribution < 1.29 is 14.5 Å². The summed E-state index contributed by atoms with van der Waals surface area (Å²) in [4.78, 5) is 11.6. The Morgan fingerprint density at radius 1 is 1.45 bits per heavy atom. The molecule has 0 saturated carbocycles. The normalized spacial score (nSPS) is 10.9. The first-order valence-electron chi connectivity index (χ1n) is 5.08. The van der Waals surface area contributed by atoms with Gasteiger partial charge in [0.05, 0.1) is 11.2 Å². The van der Waals surface area contributed by atoms with Crippen LogP contribution < -0.4 is 11.2 Å². The SMILES string of the molecule is Nc1nonc1C(=O)N/N=C/c1cc(Cl)cc(Cl)c1O. The highest BCUT2D eigenvalue weighted by Crippen LogP contribution is 2.29. The first kappa shape index (κ1) is 14.1. The number of benzene rings is 1. The second-order valence-electron chi connectivity index (χ2n) is 3.52. The van der Waals surface area contributed by atoms with Gasteiger partial charge in [0.2, 0.25) is 11.5 Å². The van der Waals surface area contributed by atoms with Gasteiger partial charge in [0.1, 0.15) is 5.75 Å². The maximum atomic E-state index is 11.6. The Morgan fingerprint density at radius 2 is 2.20 bits per heavy atom. The number of rotatable bonds is 3. The van der Waals surface area contributed by atoms with E-state index in [1.54, 1.807) is 0 Å². The number of amides is 1. The maximum absolute atomic E-state index is 11.6. The number of hydrazone groups is 1. The van der Waals surface area contributed by atoms with Crippen LogP contribution >= 0.6 is 23.2 Å². The van der Waals surface area contributed by atoms with Crippen molar-refractivity contribution in [1.82, 2.24) is 15.7 Å². The van der Waals surface area contributed by atoms with Crippen LogP contribution in [0.15, 0.2) is 21.9 Å². The molecular weight excluding hydrogens is 309 g/mol. The van der Waals surface area contributed by atoms with Crippen LogP contribution in [0.2, 0.25) is 10.0 Å². The molecule has 0 aliphatic rings. The predicted octanol–water partition coefficient (Wildman–Crippen LogP) is 1.43. The second-order valence-corrected chi connectivity index (χ2v) is 4.37. The molecule has 0 fully saturated rings. The van der Waals surface area contributed by atoms with Crippen LogP contribution in [-0.4, -0.2) is 27.5 Å². The Bertz CT molecular complexity index is 686. The molecular formula is C10H7Cl2N5O3. The Labute approximate surface area is 122 Å². The molecule has 2 rings (SSSR count). The Hall–Kier alpha value is -2.32. The zero-order chi connectivity index (χ0) is 14.7. The van der Waals surface area contributed by atoms with Crippen molar-refractivity contribution in [2.45, 2.75) is 0 Å². The minimum Gasteiger partial charge on any atom is -0.506 e. The summed E-state index contributed by atoms with van der Waals surface area (Å²) < 4.78 is 4.27. The standard InChI is InChI=1S/C10H7Cl2N5O3/c11-5-1-4(8(18)6(12)2-5)3-14-15-10(19)7-9(13)17-20-16-7/h1-3,18H,(H2,13,17)(H,15,19)/b14-3+. The van der Waals surface area contributed by atoms with Crippen LogP contribution in [0.4, 0.5) is 5.82 Å². The molecule has 104 valence electrons. The lowest BCUT2D eigenvalue weighted by Gasteiger charge is -2.02. The number of aromatic hydroxyl groups is 1. The molecule has 0 bridgehead atoms. The third-order valence-electron chi connectivity index (χ3n) is 2.16. The monoisotopic (exact) mass is 315 g/mol. The molecule has 0 radical (unpaired) electrons. The van der Waals surface area contributed by atoms with E-state index in [0.717, 1.165) is 6.21 Å². The second kappa shape index (κ2) is 5.76. The van der Waals surface area contributed by atoms with E-state index >= 15 is 0 Å². The fourth-order valence-corrected chi connectivity index (χ4v) is 1.76. The van der Waals surface area contributed by atoms with E-state index in [4.69, 9.17) is 28.9 Å². The Kier molecular flexibility index (Phi) is 4.06. The van der Waals surface area contributed by atoms with Crippen LogP contribution in [0.3, 0.4) is 0 Å². The molecule has 1 aromatic heterocycles. The summed E-state index contributed by atoms with van der Waals surface area (Å²) in [7, 11) is 0. The number of nitrogens with one attached hydrogen (secondary N) is 1. The zero-order valence-electron chi connectivity index (χ0n) is 9.67. The topological polar surface area (TPSA) is 127 Å². The molecule has 1 amide bonds. The van der Waals surface area contributed by atoms with E-state index in [9.17, 15) is 9.90 Å². The third kappa shape index (κ3) is 2.98. The number of nitrogens with zero attached hydrogens (tertiary/aromatic N) is 3. The summed E-state index contributed by atoms with van der Waals surface area (Å²) in [5.74, 6) is -1.09. The van der Waals surface area contributed by atoms with Gasteiger partial charge in [-0.25, -0.2) is 10.1 Å². The molecule has 0 atom stereocenters. The number of carbonyl (C=O) groups excluding carboxylic acids is 1. The molecule has 4 N–H and O–H groups in total. The number of nitrogens with two attached hydrogens (primary N) is 1. The van der Waals surface area contributed by atoms with Crippen molar-refractivity contribution in [2.75, 3.05) is 5.73 Å². The minimum absolute atomic E-state index is 0.0650. The average molecular weight is 316 g/mol. The van der Waals surface area contributed by atoms with Crippen molar-refractivity contribution in [3.63, 3.8) is 0 Å². The smallest absolute Gasteiger partial charge is 0.297 e. The lowest BCUT2D eigenvalue weighted by Crippen LogP contribution is -2.19. The van der Waals surface area contributed by atoms with Crippen LogP contribution in [0.1, 0.15) is 16.1 Å². The molecule has 0 saturated heterocycles. The van der Waals surface area contributed by atoms with E-state index in [1.165, 1.54) is 12.1 Å². The number of hydrogen-bond acceptors (Lipinski definition) is 7. The van der Waals surface area contributed by atoms with Crippen LogP contribution in [0.25, 0.3) is 0 Å². The van der Waals surface area contributed by atoms with E-state index in [2.05, 4.69) is 25.5 Å². The van der Waals surface area contributed by atoms with Gasteiger partial charge in [-0.2, -0.15) is 5.10 Å². The average Bonchev–Trinajstić information content (AvgIpc) is 2.81. The number of halogens is 2. The minimum atomic E-state index is -0.715. The summed E-state index contributed by atoms with van der Waals surface area (Å²) in [5, 5.41) is 20.2. The van der Waals surface area contributed by atoms with Crippen LogP contribution in [0, 0.1) is 0 Å². The van der Waals surface area contributed by atoms with Crippen molar-refractivity contribution in [3.05, 3.63) is 33.4 Å².